The minimum absolute atomic E-state index is 0.00870. The van der Waals surface area contributed by atoms with Crippen LogP contribution in [-0.4, -0.2) is 67.8 Å². The lowest BCUT2D eigenvalue weighted by molar-refractivity contribution is -0.149. The second kappa shape index (κ2) is 10.0. The molecule has 3 rings (SSSR count). The van der Waals surface area contributed by atoms with Gasteiger partial charge in [0.25, 0.3) is 0 Å². The third-order valence-corrected chi connectivity index (χ3v) is 5.46. The fourth-order valence-electron chi connectivity index (χ4n) is 3.53. The number of carbonyl (C=O) groups is 1. The molecular formula is C21H34N2O3. The Hall–Kier alpha value is -1.43. The van der Waals surface area contributed by atoms with Gasteiger partial charge in [-0.2, -0.15) is 0 Å². The summed E-state index contributed by atoms with van der Waals surface area (Å²) in [6.45, 7) is 6.35. The van der Waals surface area contributed by atoms with Crippen LogP contribution in [0.3, 0.4) is 0 Å². The van der Waals surface area contributed by atoms with Gasteiger partial charge < -0.3 is 19.6 Å². The molecule has 1 N–H and O–H groups in total. The third kappa shape index (κ3) is 6.08. The lowest BCUT2D eigenvalue weighted by Gasteiger charge is -2.36. The summed E-state index contributed by atoms with van der Waals surface area (Å²) in [5, 5.41) is 10.4. The predicted octanol–water partition coefficient (Wildman–Crippen LogP) is 2.49. The van der Waals surface area contributed by atoms with Crippen molar-refractivity contribution in [3.8, 4) is 0 Å². The molecule has 0 radical (unpaired) electrons. The van der Waals surface area contributed by atoms with Crippen molar-refractivity contribution in [2.24, 2.45) is 5.92 Å². The van der Waals surface area contributed by atoms with E-state index >= 15 is 0 Å². The fraction of sp³-hybridized carbons (Fsp3) is 0.667. The first-order valence-electron chi connectivity index (χ1n) is 9.76. The van der Waals surface area contributed by atoms with E-state index in [0.717, 1.165) is 57.4 Å². The number of hydrogen-bond acceptors (Lipinski definition) is 5. The van der Waals surface area contributed by atoms with Crippen LogP contribution in [0.4, 0.5) is 0 Å². The van der Waals surface area contributed by atoms with Gasteiger partial charge in [0.15, 0.2) is 0 Å². The van der Waals surface area contributed by atoms with E-state index in [4.69, 9.17) is 4.74 Å². The van der Waals surface area contributed by atoms with Crippen LogP contribution in [0.5, 0.6) is 0 Å². The van der Waals surface area contributed by atoms with Crippen LogP contribution in [-0.2, 0) is 15.1 Å². The highest BCUT2D eigenvalue weighted by Crippen LogP contribution is 2.31. The molecule has 0 bridgehead atoms. The van der Waals surface area contributed by atoms with E-state index in [1.54, 1.807) is 0 Å². The Labute approximate surface area is 157 Å². The largest absolute Gasteiger partial charge is 0.466 e. The van der Waals surface area contributed by atoms with Crippen LogP contribution < -0.4 is 0 Å². The van der Waals surface area contributed by atoms with Crippen molar-refractivity contribution in [1.29, 1.82) is 0 Å². The van der Waals surface area contributed by atoms with E-state index in [1.807, 2.05) is 37.3 Å². The topological polar surface area (TPSA) is 53.0 Å². The van der Waals surface area contributed by atoms with E-state index in [2.05, 4.69) is 23.9 Å². The van der Waals surface area contributed by atoms with Crippen molar-refractivity contribution in [2.45, 2.75) is 38.2 Å². The normalized spacial score (nSPS) is 21.5. The molecule has 2 aliphatic rings. The van der Waals surface area contributed by atoms with E-state index in [1.165, 1.54) is 0 Å². The smallest absolute Gasteiger partial charge is 0.309 e. The highest BCUT2D eigenvalue weighted by molar-refractivity contribution is 5.72. The van der Waals surface area contributed by atoms with Gasteiger partial charge in [-0.25, -0.2) is 0 Å². The van der Waals surface area contributed by atoms with Gasteiger partial charge in [0.1, 0.15) is 0 Å². The summed E-state index contributed by atoms with van der Waals surface area (Å²) in [7, 11) is 4.19. The summed E-state index contributed by atoms with van der Waals surface area (Å²) in [5.74, 6) is 0.145. The zero-order chi connectivity index (χ0) is 19.0. The summed E-state index contributed by atoms with van der Waals surface area (Å²) >= 11 is 0. The molecule has 2 fully saturated rings. The van der Waals surface area contributed by atoms with Gasteiger partial charge in [0.05, 0.1) is 18.1 Å². The molecule has 2 heterocycles. The monoisotopic (exact) mass is 362 g/mol. The average molecular weight is 363 g/mol. The van der Waals surface area contributed by atoms with Crippen LogP contribution in [0, 0.1) is 5.92 Å². The highest BCUT2D eigenvalue weighted by atomic mass is 16.5. The van der Waals surface area contributed by atoms with E-state index in [9.17, 15) is 9.90 Å². The maximum absolute atomic E-state index is 11.3. The van der Waals surface area contributed by atoms with E-state index < -0.39 is 5.60 Å². The van der Waals surface area contributed by atoms with Crippen LogP contribution in [0.25, 0.3) is 0 Å². The Bertz CT molecular complexity index is 533. The first kappa shape index (κ1) is 20.9. The standard InChI is InChI=1S/C12H17NO.C9H17NO2/c1-13-9-7-12(14,8-10-13)11-5-3-2-4-6-11;1-3-12-9(11)8-4-6-10(2)7-5-8/h2-6,14H,7-10H2,1H3;8H,3-7H2,1-2H3. The number of piperidine rings is 2. The molecule has 0 unspecified atom stereocenters. The number of hydrogen-bond donors (Lipinski definition) is 1. The number of rotatable bonds is 3. The predicted molar refractivity (Wildman–Crippen MR) is 104 cm³/mol. The zero-order valence-electron chi connectivity index (χ0n) is 16.5. The SMILES string of the molecule is CCOC(=O)C1CCN(C)CC1.CN1CCC(O)(c2ccccc2)CC1. The van der Waals surface area contributed by atoms with E-state index in [0.29, 0.717) is 6.61 Å². The lowest BCUT2D eigenvalue weighted by Crippen LogP contribution is -2.40. The molecule has 0 spiro atoms. The molecule has 0 aliphatic carbocycles. The summed E-state index contributed by atoms with van der Waals surface area (Å²) in [5.41, 5.74) is 0.474. The molecule has 0 amide bonds. The number of ether oxygens (including phenoxy) is 1. The number of esters is 1. The molecular weight excluding hydrogens is 328 g/mol. The first-order chi connectivity index (χ1) is 12.4. The molecule has 5 heteroatoms. The average Bonchev–Trinajstić information content (AvgIpc) is 2.66. The van der Waals surface area contributed by atoms with Gasteiger partial charge in [0.2, 0.25) is 0 Å². The van der Waals surface area contributed by atoms with Crippen molar-refractivity contribution >= 4 is 5.97 Å². The van der Waals surface area contributed by atoms with E-state index in [-0.39, 0.29) is 11.9 Å². The molecule has 0 saturated carbocycles. The van der Waals surface area contributed by atoms with Crippen molar-refractivity contribution in [3.63, 3.8) is 0 Å². The van der Waals surface area contributed by atoms with Crippen LogP contribution >= 0.6 is 0 Å². The minimum Gasteiger partial charge on any atom is -0.466 e. The maximum atomic E-state index is 11.3. The van der Waals surface area contributed by atoms with Gasteiger partial charge in [-0.15, -0.1) is 0 Å². The number of likely N-dealkylation sites (tertiary alicyclic amines) is 2. The Kier molecular flexibility index (Phi) is 8.07. The molecule has 1 aromatic carbocycles. The molecule has 0 atom stereocenters. The summed E-state index contributed by atoms with van der Waals surface area (Å²) in [6, 6.07) is 10.0. The number of nitrogens with zero attached hydrogens (tertiary/aromatic N) is 2. The van der Waals surface area contributed by atoms with Crippen molar-refractivity contribution in [2.75, 3.05) is 46.9 Å². The van der Waals surface area contributed by atoms with Gasteiger partial charge in [0, 0.05) is 13.1 Å². The van der Waals surface area contributed by atoms with Crippen molar-refractivity contribution in [3.05, 3.63) is 35.9 Å². The highest BCUT2D eigenvalue weighted by Gasteiger charge is 2.32. The number of aliphatic hydroxyl groups is 1. The summed E-state index contributed by atoms with van der Waals surface area (Å²) < 4.78 is 4.96. The maximum Gasteiger partial charge on any atom is 0.309 e. The van der Waals surface area contributed by atoms with Gasteiger partial charge in [-0.3, -0.25) is 4.79 Å². The Morgan fingerprint density at radius 1 is 1.08 bits per heavy atom. The Morgan fingerprint density at radius 2 is 1.62 bits per heavy atom. The van der Waals surface area contributed by atoms with Gasteiger partial charge in [-0.05, 0) is 65.4 Å². The lowest BCUT2D eigenvalue weighted by atomic mass is 9.85. The van der Waals surface area contributed by atoms with Crippen LogP contribution in [0.2, 0.25) is 0 Å². The molecule has 0 aromatic heterocycles. The number of carbonyl (C=O) groups excluding carboxylic acids is 1. The zero-order valence-corrected chi connectivity index (χ0v) is 16.5. The number of benzene rings is 1. The molecule has 1 aromatic rings. The Balaban J connectivity index is 0.000000190. The molecule has 26 heavy (non-hydrogen) atoms. The summed E-state index contributed by atoms with van der Waals surface area (Å²) in [6.07, 6.45) is 3.59. The molecule has 2 saturated heterocycles. The first-order valence-corrected chi connectivity index (χ1v) is 9.76. The molecule has 2 aliphatic heterocycles. The van der Waals surface area contributed by atoms with Gasteiger partial charge >= 0.3 is 5.97 Å². The molecule has 5 nitrogen and oxygen atoms in total. The van der Waals surface area contributed by atoms with Crippen LogP contribution in [0.15, 0.2) is 30.3 Å². The third-order valence-electron chi connectivity index (χ3n) is 5.46. The second-order valence-corrected chi connectivity index (χ2v) is 7.53. The van der Waals surface area contributed by atoms with Crippen LogP contribution in [0.1, 0.15) is 38.2 Å². The minimum atomic E-state index is -0.590. The van der Waals surface area contributed by atoms with Crippen molar-refractivity contribution in [1.82, 2.24) is 9.80 Å². The Morgan fingerprint density at radius 3 is 2.15 bits per heavy atom. The fourth-order valence-corrected chi connectivity index (χ4v) is 3.53. The van der Waals surface area contributed by atoms with Gasteiger partial charge in [-0.1, -0.05) is 30.3 Å². The quantitative estimate of drug-likeness (QED) is 0.838. The summed E-state index contributed by atoms with van der Waals surface area (Å²) in [4.78, 5) is 15.8. The van der Waals surface area contributed by atoms with Crippen molar-refractivity contribution < 1.29 is 14.6 Å². The molecule has 146 valence electrons. The second-order valence-electron chi connectivity index (χ2n) is 7.53.